The first-order chi connectivity index (χ1) is 17.5. The van der Waals surface area contributed by atoms with Crippen molar-refractivity contribution in [2.75, 3.05) is 52.5 Å². The number of hydrogen-bond donors (Lipinski definition) is 2. The van der Waals surface area contributed by atoms with Gasteiger partial charge >= 0.3 is 0 Å². The van der Waals surface area contributed by atoms with Gasteiger partial charge in [-0.1, -0.05) is 30.3 Å². The smallest absolute Gasteiger partial charge is 0.164 e. The van der Waals surface area contributed by atoms with Gasteiger partial charge in [-0.25, -0.2) is 0 Å². The molecule has 4 rings (SSSR count). The fourth-order valence-corrected chi connectivity index (χ4v) is 5.42. The van der Waals surface area contributed by atoms with Crippen LogP contribution in [0.1, 0.15) is 49.7 Å². The maximum Gasteiger partial charge on any atom is 0.164 e. The summed E-state index contributed by atoms with van der Waals surface area (Å²) in [7, 11) is 0. The van der Waals surface area contributed by atoms with Crippen LogP contribution in [-0.4, -0.2) is 84.7 Å². The molecular weight excluding hydrogens is 452 g/mol. The van der Waals surface area contributed by atoms with Crippen LogP contribution in [-0.2, 0) is 0 Å². The van der Waals surface area contributed by atoms with E-state index in [1.165, 1.54) is 16.7 Å². The number of hydrogen-bond acceptors (Lipinski definition) is 6. The number of nitrogens with zero attached hydrogens (tertiary/aromatic N) is 2. The predicted octanol–water partition coefficient (Wildman–Crippen LogP) is 4.42. The Kier molecular flexibility index (Phi) is 10.0. The van der Waals surface area contributed by atoms with Crippen LogP contribution < -0.4 is 9.47 Å². The van der Waals surface area contributed by atoms with Gasteiger partial charge in [0.1, 0.15) is 0 Å². The Morgan fingerprint density at radius 2 is 1.42 bits per heavy atom. The summed E-state index contributed by atoms with van der Waals surface area (Å²) in [5, 5.41) is 19.4. The van der Waals surface area contributed by atoms with Crippen LogP contribution in [0.25, 0.3) is 11.1 Å². The molecule has 0 bridgehead atoms. The van der Waals surface area contributed by atoms with Crippen molar-refractivity contribution in [3.8, 4) is 22.6 Å². The van der Waals surface area contributed by atoms with Crippen molar-refractivity contribution in [2.45, 2.75) is 64.6 Å². The van der Waals surface area contributed by atoms with E-state index >= 15 is 0 Å². The minimum Gasteiger partial charge on any atom is -0.490 e. The lowest BCUT2D eigenvalue weighted by atomic mass is 9.96. The van der Waals surface area contributed by atoms with Crippen molar-refractivity contribution in [1.82, 2.24) is 9.80 Å². The molecule has 2 aliphatic rings. The Morgan fingerprint density at radius 3 is 2.08 bits per heavy atom. The molecule has 0 aromatic heterocycles. The van der Waals surface area contributed by atoms with Crippen LogP contribution in [0, 0.1) is 13.8 Å². The second-order valence-corrected chi connectivity index (χ2v) is 10.5. The highest BCUT2D eigenvalue weighted by Crippen LogP contribution is 2.39. The maximum absolute atomic E-state index is 9.74. The first kappa shape index (κ1) is 26.9. The van der Waals surface area contributed by atoms with E-state index in [9.17, 15) is 10.2 Å². The number of β-amino-alcohol motifs (C(OH)–C–C–N with tert-alkyl or cyclic N) is 2. The highest BCUT2D eigenvalue weighted by molar-refractivity contribution is 5.74. The van der Waals surface area contributed by atoms with Gasteiger partial charge < -0.3 is 29.5 Å². The van der Waals surface area contributed by atoms with Crippen molar-refractivity contribution in [1.29, 1.82) is 0 Å². The van der Waals surface area contributed by atoms with Crippen LogP contribution in [0.5, 0.6) is 11.5 Å². The third-order valence-corrected chi connectivity index (χ3v) is 7.54. The summed E-state index contributed by atoms with van der Waals surface area (Å²) < 4.78 is 12.6. The van der Waals surface area contributed by atoms with Gasteiger partial charge in [0.05, 0.1) is 25.4 Å². The van der Waals surface area contributed by atoms with Crippen LogP contribution in [0.2, 0.25) is 0 Å². The van der Waals surface area contributed by atoms with Gasteiger partial charge in [-0.2, -0.15) is 0 Å². The van der Waals surface area contributed by atoms with Gasteiger partial charge in [-0.05, 0) is 81.7 Å². The lowest BCUT2D eigenvalue weighted by molar-refractivity contribution is 0.172. The molecule has 2 heterocycles. The van der Waals surface area contributed by atoms with Crippen molar-refractivity contribution in [3.05, 3.63) is 47.5 Å². The first-order valence-electron chi connectivity index (χ1n) is 13.8. The normalized spacial score (nSPS) is 20.8. The molecule has 2 aliphatic heterocycles. The van der Waals surface area contributed by atoms with E-state index in [0.29, 0.717) is 13.2 Å². The standard InChI is InChI=1S/C30H44N2O4/c1-23-9-4-5-10-27(23)28-11-12-29(35-20-8-16-32-18-14-26(34)22-32)30(24(28)2)36-19-7-3-6-15-31-17-13-25(33)21-31/h4-5,9-12,25-26,33-34H,3,6-8,13-22H2,1-2H3/t25-,26-/m1/s1. The molecule has 2 N–H and O–H groups in total. The molecule has 0 spiro atoms. The van der Waals surface area contributed by atoms with Crippen molar-refractivity contribution in [3.63, 3.8) is 0 Å². The van der Waals surface area contributed by atoms with Gasteiger partial charge in [0, 0.05) is 38.3 Å². The molecule has 2 saturated heterocycles. The monoisotopic (exact) mass is 496 g/mol. The molecule has 2 atom stereocenters. The fourth-order valence-electron chi connectivity index (χ4n) is 5.42. The molecule has 6 heteroatoms. The first-order valence-corrected chi connectivity index (χ1v) is 13.8. The maximum atomic E-state index is 9.74. The molecule has 0 aliphatic carbocycles. The van der Waals surface area contributed by atoms with Crippen molar-refractivity contribution < 1.29 is 19.7 Å². The average molecular weight is 497 g/mol. The van der Waals surface area contributed by atoms with Gasteiger partial charge in [0.15, 0.2) is 11.5 Å². The number of rotatable bonds is 13. The Labute approximate surface area is 216 Å². The molecule has 2 aromatic carbocycles. The zero-order chi connectivity index (χ0) is 25.3. The van der Waals surface area contributed by atoms with E-state index in [2.05, 4.69) is 60.0 Å². The van der Waals surface area contributed by atoms with Gasteiger partial charge in [0.25, 0.3) is 0 Å². The largest absolute Gasteiger partial charge is 0.490 e. The summed E-state index contributed by atoms with van der Waals surface area (Å²) in [4.78, 5) is 4.66. The van der Waals surface area contributed by atoms with E-state index in [0.717, 1.165) is 94.9 Å². The highest BCUT2D eigenvalue weighted by atomic mass is 16.5. The van der Waals surface area contributed by atoms with E-state index in [4.69, 9.17) is 9.47 Å². The Bertz CT molecular complexity index is 966. The molecule has 0 radical (unpaired) electrons. The number of unbranched alkanes of at least 4 members (excludes halogenated alkanes) is 2. The highest BCUT2D eigenvalue weighted by Gasteiger charge is 2.20. The molecular formula is C30H44N2O4. The molecule has 2 fully saturated rings. The SMILES string of the molecule is Cc1ccccc1-c1ccc(OCCCN2CC[C@@H](O)C2)c(OCCCCCN2CC[C@@H](O)C2)c1C. The Morgan fingerprint density at radius 1 is 0.750 bits per heavy atom. The number of benzene rings is 2. The van der Waals surface area contributed by atoms with Gasteiger partial charge in [-0.3, -0.25) is 0 Å². The lowest BCUT2D eigenvalue weighted by Gasteiger charge is -2.20. The number of aryl methyl sites for hydroxylation is 1. The van der Waals surface area contributed by atoms with E-state index < -0.39 is 0 Å². The molecule has 0 unspecified atom stereocenters. The number of aliphatic hydroxyl groups is 2. The zero-order valence-corrected chi connectivity index (χ0v) is 22.1. The predicted molar refractivity (Wildman–Crippen MR) is 145 cm³/mol. The minimum absolute atomic E-state index is 0.141. The summed E-state index contributed by atoms with van der Waals surface area (Å²) in [6.07, 6.45) is 5.63. The van der Waals surface area contributed by atoms with Gasteiger partial charge in [0.2, 0.25) is 0 Å². The molecule has 6 nitrogen and oxygen atoms in total. The van der Waals surface area contributed by atoms with Crippen molar-refractivity contribution >= 4 is 0 Å². The summed E-state index contributed by atoms with van der Waals surface area (Å²) in [6, 6.07) is 12.7. The number of likely N-dealkylation sites (tertiary alicyclic amines) is 2. The molecule has 198 valence electrons. The third kappa shape index (κ3) is 7.45. The minimum atomic E-state index is -0.176. The molecule has 36 heavy (non-hydrogen) atoms. The van der Waals surface area contributed by atoms with Crippen LogP contribution >= 0.6 is 0 Å². The number of aliphatic hydroxyl groups excluding tert-OH is 2. The average Bonchev–Trinajstić information content (AvgIpc) is 3.48. The molecule has 0 saturated carbocycles. The Balaban J connectivity index is 1.34. The molecule has 2 aromatic rings. The quantitative estimate of drug-likeness (QED) is 0.400. The van der Waals surface area contributed by atoms with E-state index in [1.54, 1.807) is 0 Å². The third-order valence-electron chi connectivity index (χ3n) is 7.54. The summed E-state index contributed by atoms with van der Waals surface area (Å²) >= 11 is 0. The van der Waals surface area contributed by atoms with E-state index in [-0.39, 0.29) is 12.2 Å². The Hall–Kier alpha value is -2.12. The van der Waals surface area contributed by atoms with Crippen LogP contribution in [0.15, 0.2) is 36.4 Å². The van der Waals surface area contributed by atoms with Gasteiger partial charge in [-0.15, -0.1) is 0 Å². The van der Waals surface area contributed by atoms with Crippen LogP contribution in [0.3, 0.4) is 0 Å². The van der Waals surface area contributed by atoms with E-state index in [1.807, 2.05) is 0 Å². The fraction of sp³-hybridized carbons (Fsp3) is 0.600. The number of ether oxygens (including phenoxy) is 2. The molecule has 0 amide bonds. The summed E-state index contributed by atoms with van der Waals surface area (Å²) in [6.45, 7) is 11.2. The summed E-state index contributed by atoms with van der Waals surface area (Å²) in [5.74, 6) is 1.67. The summed E-state index contributed by atoms with van der Waals surface area (Å²) in [5.41, 5.74) is 4.79. The topological polar surface area (TPSA) is 65.4 Å². The van der Waals surface area contributed by atoms with Crippen molar-refractivity contribution in [2.24, 2.45) is 0 Å². The zero-order valence-electron chi connectivity index (χ0n) is 22.1. The second-order valence-electron chi connectivity index (χ2n) is 10.5. The van der Waals surface area contributed by atoms with Crippen LogP contribution in [0.4, 0.5) is 0 Å². The second kappa shape index (κ2) is 13.4. The lowest BCUT2D eigenvalue weighted by Crippen LogP contribution is -2.24.